The Morgan fingerprint density at radius 3 is 2.21 bits per heavy atom. The molecule has 38 heavy (non-hydrogen) atoms. The lowest BCUT2D eigenvalue weighted by Crippen LogP contribution is -2.04. The fourth-order valence-electron chi connectivity index (χ4n) is 4.23. The molecule has 3 aromatic heterocycles. The summed E-state index contributed by atoms with van der Waals surface area (Å²) in [5, 5.41) is 8.92. The lowest BCUT2D eigenvalue weighted by Gasteiger charge is -2.05. The van der Waals surface area contributed by atoms with Gasteiger partial charge in [-0.15, -0.1) is 0 Å². The van der Waals surface area contributed by atoms with Crippen molar-refractivity contribution in [2.24, 2.45) is 0 Å². The van der Waals surface area contributed by atoms with Crippen LogP contribution in [0.4, 0.5) is 0 Å². The summed E-state index contributed by atoms with van der Waals surface area (Å²) in [5.41, 5.74) is 8.12. The number of hydrogen-bond donors (Lipinski definition) is 0. The third-order valence-corrected chi connectivity index (χ3v) is 6.34. The predicted molar refractivity (Wildman–Crippen MR) is 162 cm³/mol. The second-order valence-corrected chi connectivity index (χ2v) is 9.00. The largest absolute Gasteiger partial charge is 0.294 e. The molecule has 0 spiro atoms. The predicted octanol–water partition coefficient (Wildman–Crippen LogP) is 8.66. The van der Waals surface area contributed by atoms with Crippen molar-refractivity contribution in [2.45, 2.75) is 134 Å². The number of ketones is 1. The van der Waals surface area contributed by atoms with E-state index >= 15 is 0 Å². The zero-order valence-corrected chi connectivity index (χ0v) is 26.5. The molecule has 0 saturated carbocycles. The van der Waals surface area contributed by atoms with Crippen LogP contribution in [0.1, 0.15) is 138 Å². The van der Waals surface area contributed by atoms with Crippen LogP contribution in [-0.4, -0.2) is 30.3 Å². The molecule has 0 bridgehead atoms. The number of pyridine rings is 1. The van der Waals surface area contributed by atoms with E-state index in [4.69, 9.17) is 5.10 Å². The lowest BCUT2D eigenvalue weighted by molar-refractivity contribution is 0.101. The van der Waals surface area contributed by atoms with Crippen molar-refractivity contribution in [2.75, 3.05) is 0 Å². The summed E-state index contributed by atoms with van der Waals surface area (Å²) in [5.74, 6) is 0.723. The van der Waals surface area contributed by atoms with Gasteiger partial charge in [-0.2, -0.15) is 10.2 Å². The summed E-state index contributed by atoms with van der Waals surface area (Å²) in [4.78, 5) is 15.6. The van der Waals surface area contributed by atoms with Crippen LogP contribution in [0.2, 0.25) is 0 Å². The molecular weight excluding hydrogens is 470 g/mol. The van der Waals surface area contributed by atoms with E-state index in [0.29, 0.717) is 18.0 Å². The third-order valence-electron chi connectivity index (χ3n) is 6.34. The summed E-state index contributed by atoms with van der Waals surface area (Å²) < 4.78 is 3.99. The maximum absolute atomic E-state index is 11.2. The van der Waals surface area contributed by atoms with Gasteiger partial charge in [0.2, 0.25) is 0 Å². The molecule has 0 radical (unpaired) electrons. The van der Waals surface area contributed by atoms with E-state index < -0.39 is 0 Å². The number of rotatable bonds is 7. The first-order valence-electron chi connectivity index (χ1n) is 14.8. The first-order chi connectivity index (χ1) is 18.3. The number of nitrogens with zero attached hydrogens (tertiary/aromatic N) is 5. The van der Waals surface area contributed by atoms with Crippen LogP contribution in [-0.2, 0) is 19.5 Å². The second kappa shape index (κ2) is 19.3. The molecule has 0 amide bonds. The highest BCUT2D eigenvalue weighted by Gasteiger charge is 2.25. The van der Waals surface area contributed by atoms with E-state index in [2.05, 4.69) is 35.5 Å². The number of carbonyl (C=O) groups is 1. The lowest BCUT2D eigenvalue weighted by atomic mass is 10.1. The molecule has 0 aliphatic heterocycles. The maximum Gasteiger partial charge on any atom is 0.162 e. The number of hydrogen-bond acceptors (Lipinski definition) is 4. The fraction of sp³-hybridized carbons (Fsp3) is 0.625. The average molecular weight is 526 g/mol. The van der Waals surface area contributed by atoms with Gasteiger partial charge in [0.05, 0.1) is 24.0 Å². The van der Waals surface area contributed by atoms with Crippen molar-refractivity contribution in [1.29, 1.82) is 0 Å². The Labute approximate surface area is 233 Å². The van der Waals surface area contributed by atoms with E-state index in [9.17, 15) is 4.79 Å². The molecule has 0 fully saturated rings. The van der Waals surface area contributed by atoms with E-state index in [1.807, 2.05) is 67.5 Å². The van der Waals surface area contributed by atoms with Crippen LogP contribution in [0.3, 0.4) is 0 Å². The van der Waals surface area contributed by atoms with Gasteiger partial charge in [-0.05, 0) is 64.2 Å². The minimum atomic E-state index is 0.0370. The zero-order valence-electron chi connectivity index (χ0n) is 26.5. The summed E-state index contributed by atoms with van der Waals surface area (Å²) in [7, 11) is 0. The van der Waals surface area contributed by atoms with E-state index in [1.54, 1.807) is 29.6 Å². The summed E-state index contributed by atoms with van der Waals surface area (Å²) in [6.07, 6.45) is 9.79. The SMILES string of the molecule is CC.CC.CC.CC(=O)c1cnn(Cc2ccc(C)nc2C)c1.CCCCCn1nc2c(c1C)CCC2C. The monoisotopic (exact) mass is 525 g/mol. The Balaban J connectivity index is 0.000000605. The van der Waals surface area contributed by atoms with Gasteiger partial charge in [-0.3, -0.25) is 19.1 Å². The molecule has 214 valence electrons. The van der Waals surface area contributed by atoms with Gasteiger partial charge in [0, 0.05) is 35.7 Å². The van der Waals surface area contributed by atoms with Gasteiger partial charge in [0.25, 0.3) is 0 Å². The Kier molecular flexibility index (Phi) is 17.9. The van der Waals surface area contributed by atoms with Crippen molar-refractivity contribution < 1.29 is 4.79 Å². The molecule has 3 heterocycles. The third kappa shape index (κ3) is 10.5. The zero-order chi connectivity index (χ0) is 29.3. The van der Waals surface area contributed by atoms with Crippen molar-refractivity contribution in [3.63, 3.8) is 0 Å². The van der Waals surface area contributed by atoms with Crippen LogP contribution in [0.5, 0.6) is 0 Å². The van der Waals surface area contributed by atoms with Gasteiger partial charge in [0.1, 0.15) is 0 Å². The molecule has 6 nitrogen and oxygen atoms in total. The number of fused-ring (bicyclic) bond motifs is 1. The molecule has 1 aliphatic rings. The van der Waals surface area contributed by atoms with Crippen molar-refractivity contribution in [3.05, 3.63) is 64.0 Å². The molecule has 1 unspecified atom stereocenters. The number of carbonyl (C=O) groups excluding carboxylic acids is 1. The van der Waals surface area contributed by atoms with Crippen molar-refractivity contribution >= 4 is 5.78 Å². The van der Waals surface area contributed by atoms with Crippen LogP contribution >= 0.6 is 0 Å². The normalized spacial score (nSPS) is 12.9. The molecule has 1 aliphatic carbocycles. The Morgan fingerprint density at radius 2 is 1.68 bits per heavy atom. The highest BCUT2D eigenvalue weighted by Crippen LogP contribution is 2.33. The van der Waals surface area contributed by atoms with E-state index in [-0.39, 0.29) is 5.78 Å². The van der Waals surface area contributed by atoms with E-state index in [1.165, 1.54) is 43.5 Å². The molecule has 4 rings (SSSR count). The van der Waals surface area contributed by atoms with Crippen LogP contribution in [0.15, 0.2) is 24.5 Å². The van der Waals surface area contributed by atoms with Gasteiger partial charge < -0.3 is 0 Å². The number of Topliss-reactive ketones (excluding diaryl/α,β-unsaturated/α-hetero) is 1. The molecule has 0 N–H and O–H groups in total. The number of aromatic nitrogens is 5. The summed E-state index contributed by atoms with van der Waals surface area (Å²) in [6.45, 7) is 26.0. The Hall–Kier alpha value is -2.76. The van der Waals surface area contributed by atoms with Crippen LogP contribution in [0, 0.1) is 20.8 Å². The standard InChI is InChI=1S/C13H15N3O.C13H22N2.3C2H6/c1-9-4-5-12(10(2)15-9)7-16-8-13(6-14-16)11(3)17;1-4-5-6-9-15-11(3)12-8-7-10(2)13(12)14-15;3*1-2/h4-6,8H,7H2,1-3H3;10H,4-9H2,1-3H3;3*1-2H3. The Bertz CT molecular complexity index is 1060. The van der Waals surface area contributed by atoms with Gasteiger partial charge in [-0.25, -0.2) is 0 Å². The molecule has 6 heteroatoms. The molecule has 0 saturated heterocycles. The minimum absolute atomic E-state index is 0.0370. The first kappa shape index (κ1) is 35.2. The maximum atomic E-state index is 11.2. The summed E-state index contributed by atoms with van der Waals surface area (Å²) >= 11 is 0. The Morgan fingerprint density at radius 1 is 1.03 bits per heavy atom. The van der Waals surface area contributed by atoms with Crippen LogP contribution in [0.25, 0.3) is 0 Å². The number of unbranched alkanes of at least 4 members (excludes halogenated alkanes) is 2. The minimum Gasteiger partial charge on any atom is -0.294 e. The van der Waals surface area contributed by atoms with Gasteiger partial charge in [-0.1, -0.05) is 74.3 Å². The molecule has 1 atom stereocenters. The smallest absolute Gasteiger partial charge is 0.162 e. The fourth-order valence-corrected chi connectivity index (χ4v) is 4.23. The first-order valence-corrected chi connectivity index (χ1v) is 14.8. The second-order valence-electron chi connectivity index (χ2n) is 9.00. The average Bonchev–Trinajstić information content (AvgIpc) is 3.63. The molecule has 3 aromatic rings. The highest BCUT2D eigenvalue weighted by molar-refractivity contribution is 5.93. The highest BCUT2D eigenvalue weighted by atomic mass is 16.1. The van der Waals surface area contributed by atoms with Crippen molar-refractivity contribution in [1.82, 2.24) is 24.5 Å². The summed E-state index contributed by atoms with van der Waals surface area (Å²) in [6, 6.07) is 4.03. The van der Waals surface area contributed by atoms with Gasteiger partial charge >= 0.3 is 0 Å². The van der Waals surface area contributed by atoms with Gasteiger partial charge in [0.15, 0.2) is 5.78 Å². The molecular formula is C32H55N5O. The quantitative estimate of drug-likeness (QED) is 0.229. The topological polar surface area (TPSA) is 65.6 Å². The van der Waals surface area contributed by atoms with Crippen LogP contribution < -0.4 is 0 Å². The van der Waals surface area contributed by atoms with E-state index in [0.717, 1.165) is 23.5 Å². The number of aryl methyl sites for hydroxylation is 3. The van der Waals surface area contributed by atoms with Crippen molar-refractivity contribution in [3.8, 4) is 0 Å². The molecule has 0 aromatic carbocycles.